The number of nitrogens with one attached hydrogen (secondary N) is 2. The summed E-state index contributed by atoms with van der Waals surface area (Å²) in [6.45, 7) is 7.26. The van der Waals surface area contributed by atoms with Crippen LogP contribution in [0.3, 0.4) is 0 Å². The van der Waals surface area contributed by atoms with E-state index in [-0.39, 0.29) is 11.0 Å². The molecular weight excluding hydrogens is 494 g/mol. The molecule has 198 valence electrons. The third-order valence-corrected chi connectivity index (χ3v) is 6.80. The summed E-state index contributed by atoms with van der Waals surface area (Å²) in [6, 6.07) is 20.8. The first kappa shape index (κ1) is 27.3. The first-order chi connectivity index (χ1) is 18.5. The summed E-state index contributed by atoms with van der Waals surface area (Å²) in [5.41, 5.74) is 5.01. The number of oxazole rings is 1. The van der Waals surface area contributed by atoms with Crippen molar-refractivity contribution in [2.45, 2.75) is 58.8 Å². The van der Waals surface area contributed by atoms with Crippen LogP contribution in [0.1, 0.15) is 74.7 Å². The number of ether oxygens (including phenoxy) is 1. The molecule has 3 aromatic carbocycles. The van der Waals surface area contributed by atoms with E-state index < -0.39 is 0 Å². The lowest BCUT2D eigenvalue weighted by Crippen LogP contribution is -2.34. The summed E-state index contributed by atoms with van der Waals surface area (Å²) in [5, 5.41) is 6.00. The molecule has 0 aliphatic rings. The van der Waals surface area contributed by atoms with Crippen LogP contribution in [0.15, 0.2) is 71.1 Å². The average molecular weight is 530 g/mol. The molecule has 0 saturated carbocycles. The van der Waals surface area contributed by atoms with Gasteiger partial charge in [0.05, 0.1) is 6.61 Å². The second-order valence-corrected chi connectivity index (χ2v) is 9.88. The van der Waals surface area contributed by atoms with Gasteiger partial charge in [-0.15, -0.1) is 0 Å². The summed E-state index contributed by atoms with van der Waals surface area (Å²) in [4.78, 5) is 17.3. The second-order valence-electron chi connectivity index (χ2n) is 9.47. The van der Waals surface area contributed by atoms with Crippen LogP contribution < -0.4 is 15.4 Å². The van der Waals surface area contributed by atoms with Crippen LogP contribution in [0.25, 0.3) is 22.6 Å². The van der Waals surface area contributed by atoms with Crippen LogP contribution in [-0.4, -0.2) is 22.6 Å². The van der Waals surface area contributed by atoms with Crippen molar-refractivity contribution in [3.8, 4) is 17.2 Å². The highest BCUT2D eigenvalue weighted by molar-refractivity contribution is 7.80. The first-order valence-corrected chi connectivity index (χ1v) is 13.7. The average Bonchev–Trinajstić information content (AvgIpc) is 3.36. The van der Waals surface area contributed by atoms with Crippen LogP contribution in [0.5, 0.6) is 5.75 Å². The van der Waals surface area contributed by atoms with Gasteiger partial charge in [-0.1, -0.05) is 46.1 Å². The highest BCUT2D eigenvalue weighted by Crippen LogP contribution is 2.28. The van der Waals surface area contributed by atoms with Crippen molar-refractivity contribution in [3.05, 3.63) is 77.9 Å². The highest BCUT2D eigenvalue weighted by Gasteiger charge is 2.12. The summed E-state index contributed by atoms with van der Waals surface area (Å²) in [7, 11) is 0. The van der Waals surface area contributed by atoms with E-state index in [1.165, 1.54) is 24.8 Å². The van der Waals surface area contributed by atoms with Crippen LogP contribution >= 0.6 is 12.2 Å². The Kier molecular flexibility index (Phi) is 9.49. The van der Waals surface area contributed by atoms with Gasteiger partial charge in [-0.25, -0.2) is 4.98 Å². The van der Waals surface area contributed by atoms with Gasteiger partial charge in [0, 0.05) is 16.8 Å². The van der Waals surface area contributed by atoms with E-state index in [0.29, 0.717) is 24.0 Å². The number of hydrogen-bond donors (Lipinski definition) is 2. The minimum atomic E-state index is -0.281. The van der Waals surface area contributed by atoms with Crippen molar-refractivity contribution in [2.75, 3.05) is 11.9 Å². The Balaban J connectivity index is 1.30. The molecule has 0 bridgehead atoms. The van der Waals surface area contributed by atoms with Gasteiger partial charge in [0.1, 0.15) is 11.3 Å². The van der Waals surface area contributed by atoms with Gasteiger partial charge in [-0.2, -0.15) is 0 Å². The number of aromatic nitrogens is 1. The fourth-order valence-electron chi connectivity index (χ4n) is 4.07. The van der Waals surface area contributed by atoms with Crippen molar-refractivity contribution in [3.63, 3.8) is 0 Å². The Morgan fingerprint density at radius 3 is 2.47 bits per heavy atom. The molecule has 4 rings (SSSR count). The molecular formula is C31H35N3O3S. The Bertz CT molecular complexity index is 1360. The van der Waals surface area contributed by atoms with E-state index in [1.54, 1.807) is 24.3 Å². The zero-order chi connectivity index (χ0) is 26.9. The molecule has 0 aliphatic carbocycles. The Labute approximate surface area is 229 Å². The molecule has 0 spiro atoms. The Morgan fingerprint density at radius 2 is 1.76 bits per heavy atom. The van der Waals surface area contributed by atoms with Crippen LogP contribution in [0, 0.1) is 0 Å². The van der Waals surface area contributed by atoms with Gasteiger partial charge in [-0.3, -0.25) is 10.1 Å². The van der Waals surface area contributed by atoms with Gasteiger partial charge >= 0.3 is 0 Å². The normalized spacial score (nSPS) is 11.8. The maximum Gasteiger partial charge on any atom is 0.257 e. The molecule has 1 amide bonds. The summed E-state index contributed by atoms with van der Waals surface area (Å²) < 4.78 is 11.7. The molecule has 1 heterocycles. The SMILES string of the molecule is CCCCCCOc1ccc(C(=O)NC(=S)Nc2ccc(-c3nc4cc(C(C)CC)ccc4o3)cc2)cc1. The molecule has 38 heavy (non-hydrogen) atoms. The number of nitrogens with zero attached hydrogens (tertiary/aromatic N) is 1. The molecule has 0 fully saturated rings. The van der Waals surface area contributed by atoms with Crippen molar-refractivity contribution >= 4 is 40.0 Å². The number of fused-ring (bicyclic) bond motifs is 1. The maximum atomic E-state index is 12.6. The quantitative estimate of drug-likeness (QED) is 0.151. The third-order valence-electron chi connectivity index (χ3n) is 6.59. The smallest absolute Gasteiger partial charge is 0.257 e. The van der Waals surface area contributed by atoms with E-state index in [2.05, 4.69) is 48.5 Å². The van der Waals surface area contributed by atoms with Crippen LogP contribution in [0.2, 0.25) is 0 Å². The number of carbonyl (C=O) groups is 1. The molecule has 1 unspecified atom stereocenters. The maximum absolute atomic E-state index is 12.6. The van der Waals surface area contributed by atoms with Gasteiger partial charge in [0.15, 0.2) is 10.7 Å². The van der Waals surface area contributed by atoms with Gasteiger partial charge in [-0.05, 0) is 97.2 Å². The third kappa shape index (κ3) is 7.19. The zero-order valence-electron chi connectivity index (χ0n) is 22.3. The lowest BCUT2D eigenvalue weighted by molar-refractivity contribution is 0.0977. The second kappa shape index (κ2) is 13.2. The first-order valence-electron chi connectivity index (χ1n) is 13.3. The molecule has 6 nitrogen and oxygen atoms in total. The molecule has 2 N–H and O–H groups in total. The molecule has 7 heteroatoms. The Morgan fingerprint density at radius 1 is 1.00 bits per heavy atom. The van der Waals surface area contributed by atoms with Crippen molar-refractivity contribution < 1.29 is 13.9 Å². The summed E-state index contributed by atoms with van der Waals surface area (Å²) in [6.07, 6.45) is 5.70. The fourth-order valence-corrected chi connectivity index (χ4v) is 4.28. The highest BCUT2D eigenvalue weighted by atomic mass is 32.1. The van der Waals surface area contributed by atoms with Gasteiger partial charge < -0.3 is 14.5 Å². The number of benzene rings is 3. The monoisotopic (exact) mass is 529 g/mol. The molecule has 1 aromatic heterocycles. The number of anilines is 1. The van der Waals surface area contributed by atoms with E-state index in [4.69, 9.17) is 21.4 Å². The number of carbonyl (C=O) groups excluding carboxylic acids is 1. The van der Waals surface area contributed by atoms with Crippen LogP contribution in [-0.2, 0) is 0 Å². The zero-order valence-corrected chi connectivity index (χ0v) is 23.1. The lowest BCUT2D eigenvalue weighted by atomic mass is 9.98. The summed E-state index contributed by atoms with van der Waals surface area (Å²) >= 11 is 5.34. The number of rotatable bonds is 11. The standard InChI is InChI=1S/C31H35N3O3S/c1-4-6-7-8-19-36-26-16-11-22(12-17-26)29(35)34-31(38)32-25-14-9-23(10-15-25)30-33-27-20-24(21(3)5-2)13-18-28(27)37-30/h9-18,20-21H,4-8,19H2,1-3H3,(H2,32,34,35,38). The van der Waals surface area contributed by atoms with E-state index in [0.717, 1.165) is 40.9 Å². The van der Waals surface area contributed by atoms with Gasteiger partial charge in [0.25, 0.3) is 5.91 Å². The Hall–Kier alpha value is -3.71. The molecule has 1 atom stereocenters. The van der Waals surface area contributed by atoms with Crippen LogP contribution in [0.4, 0.5) is 5.69 Å². The van der Waals surface area contributed by atoms with E-state index in [1.807, 2.05) is 30.3 Å². The minimum absolute atomic E-state index is 0.221. The lowest BCUT2D eigenvalue weighted by Gasteiger charge is -2.10. The van der Waals surface area contributed by atoms with E-state index in [9.17, 15) is 4.79 Å². The number of amides is 1. The molecule has 0 aliphatic heterocycles. The van der Waals surface area contributed by atoms with Crippen molar-refractivity contribution in [1.82, 2.24) is 10.3 Å². The van der Waals surface area contributed by atoms with Crippen molar-refractivity contribution in [2.24, 2.45) is 0 Å². The summed E-state index contributed by atoms with van der Waals surface area (Å²) in [5.74, 6) is 1.52. The predicted molar refractivity (Wildman–Crippen MR) is 158 cm³/mol. The van der Waals surface area contributed by atoms with E-state index >= 15 is 0 Å². The number of hydrogen-bond acceptors (Lipinski definition) is 5. The number of thiocarbonyl (C=S) groups is 1. The molecule has 0 saturated heterocycles. The number of unbranched alkanes of at least 4 members (excludes halogenated alkanes) is 3. The topological polar surface area (TPSA) is 76.4 Å². The van der Waals surface area contributed by atoms with Gasteiger partial charge in [0.2, 0.25) is 5.89 Å². The molecule has 0 radical (unpaired) electrons. The fraction of sp³-hybridized carbons (Fsp3) is 0.323. The largest absolute Gasteiger partial charge is 0.494 e. The minimum Gasteiger partial charge on any atom is -0.494 e. The molecule has 4 aromatic rings. The predicted octanol–water partition coefficient (Wildman–Crippen LogP) is 8.09. The van der Waals surface area contributed by atoms with Crippen molar-refractivity contribution in [1.29, 1.82) is 0 Å².